The highest BCUT2D eigenvalue weighted by Gasteiger charge is 2.50. The molecule has 1 atom stereocenters. The van der Waals surface area contributed by atoms with Crippen molar-refractivity contribution >= 4 is 12.1 Å². The van der Waals surface area contributed by atoms with Crippen LogP contribution in [0.15, 0.2) is 30.3 Å². The predicted molar refractivity (Wildman–Crippen MR) is 101 cm³/mol. The quantitative estimate of drug-likeness (QED) is 0.455. The van der Waals surface area contributed by atoms with Gasteiger partial charge in [0.05, 0.1) is 32.2 Å². The molecule has 0 aromatic heterocycles. The van der Waals surface area contributed by atoms with E-state index >= 15 is 0 Å². The first kappa shape index (κ1) is 20.8. The van der Waals surface area contributed by atoms with Crippen LogP contribution in [0.25, 0.3) is 0 Å². The van der Waals surface area contributed by atoms with Crippen LogP contribution in [-0.2, 0) is 25.6 Å². The van der Waals surface area contributed by atoms with Gasteiger partial charge in [0.15, 0.2) is 0 Å². The van der Waals surface area contributed by atoms with E-state index in [1.54, 1.807) is 0 Å². The maximum absolute atomic E-state index is 12.9. The Bertz CT molecular complexity index is 650. The summed E-state index contributed by atoms with van der Waals surface area (Å²) in [5.41, 5.74) is 0.907. The average Bonchev–Trinajstić information content (AvgIpc) is 3.24. The summed E-state index contributed by atoms with van der Waals surface area (Å²) in [6, 6.07) is 9.49. The zero-order chi connectivity index (χ0) is 20.0. The molecule has 1 N–H and O–H groups in total. The molecule has 1 saturated heterocycles. The number of rotatable bonds is 6. The summed E-state index contributed by atoms with van der Waals surface area (Å²) >= 11 is 0. The van der Waals surface area contributed by atoms with Crippen LogP contribution in [0.5, 0.6) is 0 Å². The number of esters is 1. The molecule has 28 heavy (non-hydrogen) atoms. The second kappa shape index (κ2) is 9.49. The summed E-state index contributed by atoms with van der Waals surface area (Å²) in [6.45, 7) is 1.19. The third-order valence-electron chi connectivity index (χ3n) is 5.88. The van der Waals surface area contributed by atoms with Gasteiger partial charge in [-0.1, -0.05) is 30.3 Å². The van der Waals surface area contributed by atoms with E-state index in [4.69, 9.17) is 14.2 Å². The van der Waals surface area contributed by atoms with Gasteiger partial charge in [-0.3, -0.25) is 4.79 Å². The van der Waals surface area contributed by atoms with E-state index in [9.17, 15) is 14.7 Å². The molecule has 0 spiro atoms. The lowest BCUT2D eigenvalue weighted by Crippen LogP contribution is -2.59. The molecule has 154 valence electrons. The molecule has 1 aliphatic heterocycles. The standard InChI is InChI=1S/C21H30NO6/c1-26-19(23)17-9-11-18(12-10-17)28-21(25)22(13-5-6-14-22)20(24)27-15-16-7-3-2-4-8-16/h2-4,7-8,17-18,21,25H,5-6,9-15H2,1H3/q+1/t17-,18-,21?. The van der Waals surface area contributed by atoms with E-state index in [1.807, 2.05) is 30.3 Å². The number of aliphatic hydroxyl groups excluding tert-OH is 1. The van der Waals surface area contributed by atoms with Crippen molar-refractivity contribution in [1.29, 1.82) is 0 Å². The molecule has 1 saturated carbocycles. The summed E-state index contributed by atoms with van der Waals surface area (Å²) in [5, 5.41) is 10.8. The third-order valence-corrected chi connectivity index (χ3v) is 5.88. The fourth-order valence-corrected chi connectivity index (χ4v) is 4.13. The Hall–Kier alpha value is -1.96. The zero-order valence-electron chi connectivity index (χ0n) is 16.4. The molecule has 7 nitrogen and oxygen atoms in total. The van der Waals surface area contributed by atoms with Crippen LogP contribution in [0.4, 0.5) is 4.79 Å². The van der Waals surface area contributed by atoms with Crippen LogP contribution >= 0.6 is 0 Å². The number of nitrogens with zero attached hydrogens (tertiary/aromatic N) is 1. The van der Waals surface area contributed by atoms with Crippen molar-refractivity contribution in [2.24, 2.45) is 5.92 Å². The molecular weight excluding hydrogens is 362 g/mol. The maximum atomic E-state index is 12.9. The molecule has 1 heterocycles. The van der Waals surface area contributed by atoms with Crippen LogP contribution in [0.3, 0.4) is 0 Å². The first-order chi connectivity index (χ1) is 13.5. The number of quaternary nitrogens is 1. The van der Waals surface area contributed by atoms with Gasteiger partial charge < -0.3 is 19.3 Å². The van der Waals surface area contributed by atoms with E-state index in [-0.39, 0.29) is 29.1 Å². The minimum Gasteiger partial charge on any atom is -0.469 e. The van der Waals surface area contributed by atoms with Gasteiger partial charge in [0.1, 0.15) is 6.61 Å². The van der Waals surface area contributed by atoms with E-state index in [1.165, 1.54) is 7.11 Å². The van der Waals surface area contributed by atoms with Crippen LogP contribution in [0.2, 0.25) is 0 Å². The largest absolute Gasteiger partial charge is 0.520 e. The molecule has 1 unspecified atom stereocenters. The molecular formula is C21H30NO6+. The highest BCUT2D eigenvalue weighted by molar-refractivity contribution is 5.72. The van der Waals surface area contributed by atoms with E-state index in [2.05, 4.69) is 0 Å². The lowest BCUT2D eigenvalue weighted by atomic mass is 9.87. The monoisotopic (exact) mass is 392 g/mol. The Morgan fingerprint density at radius 2 is 1.75 bits per heavy atom. The maximum Gasteiger partial charge on any atom is 0.520 e. The van der Waals surface area contributed by atoms with Gasteiger partial charge in [0.2, 0.25) is 0 Å². The van der Waals surface area contributed by atoms with E-state index in [0.717, 1.165) is 18.4 Å². The summed E-state index contributed by atoms with van der Waals surface area (Å²) in [4.78, 5) is 24.5. The molecule has 2 aliphatic rings. The van der Waals surface area contributed by atoms with E-state index in [0.29, 0.717) is 38.8 Å². The van der Waals surface area contributed by atoms with Crippen molar-refractivity contribution in [3.63, 3.8) is 0 Å². The molecule has 1 aliphatic carbocycles. The van der Waals surface area contributed by atoms with Crippen molar-refractivity contribution in [3.8, 4) is 0 Å². The molecule has 1 aromatic rings. The van der Waals surface area contributed by atoms with Crippen molar-refractivity contribution in [2.45, 2.75) is 57.6 Å². The van der Waals surface area contributed by atoms with Gasteiger partial charge in [-0.15, -0.1) is 0 Å². The fraction of sp³-hybridized carbons (Fsp3) is 0.619. The Morgan fingerprint density at radius 1 is 1.11 bits per heavy atom. The lowest BCUT2D eigenvalue weighted by molar-refractivity contribution is -0.922. The topological polar surface area (TPSA) is 82.1 Å². The zero-order valence-corrected chi connectivity index (χ0v) is 16.4. The van der Waals surface area contributed by atoms with Gasteiger partial charge in [-0.25, -0.2) is 0 Å². The molecule has 0 radical (unpaired) electrons. The predicted octanol–water partition coefficient (Wildman–Crippen LogP) is 2.96. The molecule has 2 fully saturated rings. The number of carbonyl (C=O) groups is 2. The van der Waals surface area contributed by atoms with Crippen molar-refractivity contribution in [2.75, 3.05) is 20.2 Å². The van der Waals surface area contributed by atoms with Crippen molar-refractivity contribution in [1.82, 2.24) is 0 Å². The van der Waals surface area contributed by atoms with E-state index < -0.39 is 12.5 Å². The van der Waals surface area contributed by atoms with Gasteiger partial charge in [0, 0.05) is 12.8 Å². The number of hydrogen-bond acceptors (Lipinski definition) is 6. The molecule has 1 amide bonds. The number of aliphatic hydroxyl groups is 1. The second-order valence-electron chi connectivity index (χ2n) is 7.69. The Balaban J connectivity index is 1.56. The van der Waals surface area contributed by atoms with Gasteiger partial charge in [-0.05, 0) is 31.2 Å². The van der Waals surface area contributed by atoms with Crippen LogP contribution in [-0.4, -0.2) is 54.4 Å². The summed E-state index contributed by atoms with van der Waals surface area (Å²) in [6.07, 6.45) is 2.49. The van der Waals surface area contributed by atoms with Crippen LogP contribution < -0.4 is 0 Å². The summed E-state index contributed by atoms with van der Waals surface area (Å²) in [7, 11) is 1.40. The fourth-order valence-electron chi connectivity index (χ4n) is 4.13. The first-order valence-electron chi connectivity index (χ1n) is 10.0. The highest BCUT2D eigenvalue weighted by Crippen LogP contribution is 2.31. The molecule has 3 rings (SSSR count). The Labute approximate surface area is 165 Å². The van der Waals surface area contributed by atoms with Crippen molar-refractivity contribution < 1.29 is 33.4 Å². The number of methoxy groups -OCH3 is 1. The second-order valence-corrected chi connectivity index (χ2v) is 7.69. The highest BCUT2D eigenvalue weighted by atomic mass is 16.7. The number of likely N-dealkylation sites (tertiary alicyclic amines) is 1. The average molecular weight is 392 g/mol. The SMILES string of the molecule is COC(=O)[C@H]1CC[C@H](OC(O)[N+]2(C(=O)OCc3ccccc3)CCCC2)CC1. The first-order valence-corrected chi connectivity index (χ1v) is 10.0. The van der Waals surface area contributed by atoms with Crippen LogP contribution in [0, 0.1) is 5.92 Å². The van der Waals surface area contributed by atoms with Gasteiger partial charge >= 0.3 is 18.5 Å². The molecule has 0 bridgehead atoms. The van der Waals surface area contributed by atoms with Crippen LogP contribution in [0.1, 0.15) is 44.1 Å². The number of benzene rings is 1. The molecule has 7 heteroatoms. The summed E-state index contributed by atoms with van der Waals surface area (Å²) in [5.74, 6) is -0.292. The van der Waals surface area contributed by atoms with Gasteiger partial charge in [-0.2, -0.15) is 9.28 Å². The third kappa shape index (κ3) is 4.71. The minimum absolute atomic E-state index is 0.104. The minimum atomic E-state index is -1.24. The lowest BCUT2D eigenvalue weighted by Gasteiger charge is -2.36. The summed E-state index contributed by atoms with van der Waals surface area (Å²) < 4.78 is 16.0. The Kier molecular flexibility index (Phi) is 7.04. The smallest absolute Gasteiger partial charge is 0.469 e. The van der Waals surface area contributed by atoms with Crippen molar-refractivity contribution in [3.05, 3.63) is 35.9 Å². The number of carbonyl (C=O) groups excluding carboxylic acids is 2. The number of amides is 1. The molecule has 1 aromatic carbocycles. The number of ether oxygens (including phenoxy) is 3. The van der Waals surface area contributed by atoms with Gasteiger partial charge in [0.25, 0.3) is 0 Å². The normalized spacial score (nSPS) is 25.1. The number of hydrogen-bond donors (Lipinski definition) is 1. The Morgan fingerprint density at radius 3 is 2.36 bits per heavy atom.